The molecule has 0 aromatic heterocycles. The summed E-state index contributed by atoms with van der Waals surface area (Å²) < 4.78 is 0. The second-order valence-electron chi connectivity index (χ2n) is 5.32. The minimum atomic E-state index is -0.175. The molecule has 1 atom stereocenters. The van der Waals surface area contributed by atoms with E-state index < -0.39 is 0 Å². The van der Waals surface area contributed by atoms with Crippen LogP contribution in [0.4, 0.5) is 0 Å². The molecule has 1 saturated heterocycles. The van der Waals surface area contributed by atoms with Crippen molar-refractivity contribution in [2.45, 2.75) is 31.8 Å². The molecule has 0 spiro atoms. The first-order chi connectivity index (χ1) is 9.83. The number of hydroxylamine groups is 1. The molecule has 1 N–H and O–H groups in total. The fourth-order valence-electron chi connectivity index (χ4n) is 2.73. The number of rotatable bonds is 5. The highest BCUT2D eigenvalue weighted by molar-refractivity contribution is 6.31. The molecule has 0 radical (unpaired) electrons. The number of nitrogens with zero attached hydrogens (tertiary/aromatic N) is 2. The van der Waals surface area contributed by atoms with Crippen LogP contribution in [0.25, 0.3) is 0 Å². The zero-order valence-corrected chi connectivity index (χ0v) is 12.3. The van der Waals surface area contributed by atoms with Crippen molar-refractivity contribution in [3.8, 4) is 0 Å². The maximum atomic E-state index is 6.17. The van der Waals surface area contributed by atoms with Crippen LogP contribution in [0, 0.1) is 0 Å². The summed E-state index contributed by atoms with van der Waals surface area (Å²) in [5.74, 6) is 0.786. The van der Waals surface area contributed by atoms with Gasteiger partial charge in [0.2, 0.25) is 5.90 Å². The van der Waals surface area contributed by atoms with Gasteiger partial charge in [-0.05, 0) is 45.0 Å². The average Bonchev–Trinajstić information content (AvgIpc) is 3.11. The largest absolute Gasteiger partial charge is 0.391 e. The van der Waals surface area contributed by atoms with E-state index in [1.54, 1.807) is 0 Å². The van der Waals surface area contributed by atoms with Crippen LogP contribution < -0.4 is 5.48 Å². The van der Waals surface area contributed by atoms with E-state index in [0.29, 0.717) is 0 Å². The summed E-state index contributed by atoms with van der Waals surface area (Å²) in [7, 11) is 0. The van der Waals surface area contributed by atoms with Crippen molar-refractivity contribution in [2.24, 2.45) is 4.99 Å². The Morgan fingerprint density at radius 3 is 2.90 bits per heavy atom. The highest BCUT2D eigenvalue weighted by atomic mass is 35.5. The lowest BCUT2D eigenvalue weighted by Crippen LogP contribution is -2.21. The van der Waals surface area contributed by atoms with Crippen molar-refractivity contribution < 1.29 is 4.84 Å². The predicted octanol–water partition coefficient (Wildman–Crippen LogP) is 3.15. The molecule has 1 fully saturated rings. The molecule has 1 aromatic carbocycles. The molecular formula is C15H20ClN3O. The Hall–Kier alpha value is -1.10. The monoisotopic (exact) mass is 293 g/mol. The second kappa shape index (κ2) is 6.57. The smallest absolute Gasteiger partial charge is 0.211 e. The molecule has 0 amide bonds. The van der Waals surface area contributed by atoms with Gasteiger partial charge in [-0.25, -0.2) is 4.99 Å². The first-order valence-corrected chi connectivity index (χ1v) is 7.66. The highest BCUT2D eigenvalue weighted by Gasteiger charge is 2.22. The van der Waals surface area contributed by atoms with Crippen LogP contribution >= 0.6 is 11.6 Å². The number of likely N-dealkylation sites (tertiary alicyclic amines) is 1. The Morgan fingerprint density at radius 1 is 1.30 bits per heavy atom. The second-order valence-corrected chi connectivity index (χ2v) is 5.73. The molecule has 108 valence electrons. The zero-order chi connectivity index (χ0) is 13.8. The number of nitrogens with one attached hydrogen (secondary N) is 1. The Morgan fingerprint density at radius 2 is 2.10 bits per heavy atom. The summed E-state index contributed by atoms with van der Waals surface area (Å²) in [5, 5.41) is 0.718. The summed E-state index contributed by atoms with van der Waals surface area (Å²) in [5.41, 5.74) is 3.90. The summed E-state index contributed by atoms with van der Waals surface area (Å²) in [4.78, 5) is 12.5. The predicted molar refractivity (Wildman–Crippen MR) is 80.8 cm³/mol. The van der Waals surface area contributed by atoms with Gasteiger partial charge in [0.05, 0.1) is 0 Å². The number of aliphatic imine (C=N–C) groups is 1. The van der Waals surface area contributed by atoms with Gasteiger partial charge in [0, 0.05) is 17.0 Å². The van der Waals surface area contributed by atoms with Crippen molar-refractivity contribution in [2.75, 3.05) is 19.6 Å². The van der Waals surface area contributed by atoms with Gasteiger partial charge < -0.3 is 9.74 Å². The number of hydrogen-bond acceptors (Lipinski definition) is 4. The van der Waals surface area contributed by atoms with Crippen molar-refractivity contribution in [3.63, 3.8) is 0 Å². The van der Waals surface area contributed by atoms with E-state index in [1.807, 2.05) is 24.3 Å². The van der Waals surface area contributed by atoms with Gasteiger partial charge >= 0.3 is 0 Å². The quantitative estimate of drug-likeness (QED) is 0.906. The lowest BCUT2D eigenvalue weighted by atomic mass is 10.2. The molecule has 5 heteroatoms. The Labute approximate surface area is 124 Å². The van der Waals surface area contributed by atoms with Crippen LogP contribution in [-0.2, 0) is 4.84 Å². The topological polar surface area (TPSA) is 36.9 Å². The van der Waals surface area contributed by atoms with Crippen molar-refractivity contribution in [1.82, 2.24) is 10.4 Å². The number of halogens is 1. The third-order valence-corrected chi connectivity index (χ3v) is 4.17. The van der Waals surface area contributed by atoms with E-state index in [2.05, 4.69) is 15.4 Å². The standard InChI is InChI=1S/C15H20ClN3O/c16-13-7-2-1-6-12(13)15-17-14(20-18-15)8-5-11-19-9-3-4-10-19/h1-2,6-7,15,18H,3-5,8-11H2/t15-/m1/s1. The molecule has 4 nitrogen and oxygen atoms in total. The number of hydrogen-bond donors (Lipinski definition) is 1. The van der Waals surface area contributed by atoms with Gasteiger partial charge in [-0.15, -0.1) is 5.48 Å². The van der Waals surface area contributed by atoms with Crippen LogP contribution in [0.3, 0.4) is 0 Å². The fourth-order valence-corrected chi connectivity index (χ4v) is 2.97. The van der Waals surface area contributed by atoms with Crippen LogP contribution in [0.2, 0.25) is 5.02 Å². The molecule has 0 unspecified atom stereocenters. The third-order valence-electron chi connectivity index (χ3n) is 3.82. The van der Waals surface area contributed by atoms with E-state index in [-0.39, 0.29) is 6.17 Å². The Kier molecular flexibility index (Phi) is 4.55. The molecular weight excluding hydrogens is 274 g/mol. The summed E-state index contributed by atoms with van der Waals surface area (Å²) in [6.07, 6.45) is 4.48. The van der Waals surface area contributed by atoms with E-state index in [4.69, 9.17) is 16.4 Å². The van der Waals surface area contributed by atoms with Gasteiger partial charge in [-0.2, -0.15) is 0 Å². The summed E-state index contributed by atoms with van der Waals surface area (Å²) in [6.45, 7) is 3.63. The first-order valence-electron chi connectivity index (χ1n) is 7.29. The lowest BCUT2D eigenvalue weighted by molar-refractivity contribution is 0.174. The first kappa shape index (κ1) is 13.9. The molecule has 3 rings (SSSR count). The average molecular weight is 294 g/mol. The summed E-state index contributed by atoms with van der Waals surface area (Å²) >= 11 is 6.17. The third kappa shape index (κ3) is 3.32. The van der Waals surface area contributed by atoms with Gasteiger partial charge in [0.1, 0.15) is 0 Å². The Balaban J connectivity index is 1.51. The highest BCUT2D eigenvalue weighted by Crippen LogP contribution is 2.26. The van der Waals surface area contributed by atoms with Crippen molar-refractivity contribution in [3.05, 3.63) is 34.9 Å². The minimum absolute atomic E-state index is 0.175. The normalized spacial score (nSPS) is 22.9. The molecule has 0 saturated carbocycles. The van der Waals surface area contributed by atoms with Gasteiger partial charge in [0.15, 0.2) is 6.17 Å². The maximum absolute atomic E-state index is 6.17. The molecule has 0 bridgehead atoms. The summed E-state index contributed by atoms with van der Waals surface area (Å²) in [6, 6.07) is 7.73. The maximum Gasteiger partial charge on any atom is 0.211 e. The fraction of sp³-hybridized carbons (Fsp3) is 0.533. The lowest BCUT2D eigenvalue weighted by Gasteiger charge is -2.13. The molecule has 20 heavy (non-hydrogen) atoms. The zero-order valence-electron chi connectivity index (χ0n) is 11.5. The molecule has 2 aliphatic rings. The van der Waals surface area contributed by atoms with Gasteiger partial charge in [0.25, 0.3) is 0 Å². The SMILES string of the molecule is Clc1ccccc1[C@@H]1N=C(CCCN2CCCC2)ON1. The molecule has 0 aliphatic carbocycles. The van der Waals surface area contributed by atoms with Crippen LogP contribution in [0.5, 0.6) is 0 Å². The van der Waals surface area contributed by atoms with Crippen LogP contribution in [0.1, 0.15) is 37.4 Å². The van der Waals surface area contributed by atoms with E-state index in [1.165, 1.54) is 25.9 Å². The molecule has 2 aliphatic heterocycles. The van der Waals surface area contributed by atoms with Crippen molar-refractivity contribution >= 4 is 17.5 Å². The minimum Gasteiger partial charge on any atom is -0.391 e. The number of benzene rings is 1. The van der Waals surface area contributed by atoms with E-state index in [9.17, 15) is 0 Å². The molecule has 1 aromatic rings. The van der Waals surface area contributed by atoms with Gasteiger partial charge in [-0.3, -0.25) is 0 Å². The Bertz CT molecular complexity index is 486. The van der Waals surface area contributed by atoms with Crippen molar-refractivity contribution in [1.29, 1.82) is 0 Å². The van der Waals surface area contributed by atoms with E-state index in [0.717, 1.165) is 35.9 Å². The van der Waals surface area contributed by atoms with Crippen LogP contribution in [-0.4, -0.2) is 30.4 Å². The van der Waals surface area contributed by atoms with Crippen LogP contribution in [0.15, 0.2) is 29.3 Å². The van der Waals surface area contributed by atoms with Gasteiger partial charge in [-0.1, -0.05) is 29.8 Å². The molecule has 2 heterocycles. The van der Waals surface area contributed by atoms with E-state index >= 15 is 0 Å².